The summed E-state index contributed by atoms with van der Waals surface area (Å²) in [5.74, 6) is 0.199. The molecule has 106 valence electrons. The largest absolute Gasteiger partial charge is 0.488 e. The summed E-state index contributed by atoms with van der Waals surface area (Å²) in [5.41, 5.74) is 9.03. The van der Waals surface area contributed by atoms with E-state index >= 15 is 0 Å². The number of hydrogen-bond donors (Lipinski definition) is 1. The Hall–Kier alpha value is -1.87. The Morgan fingerprint density at radius 3 is 2.35 bits per heavy atom. The lowest BCUT2D eigenvalue weighted by Crippen LogP contribution is -2.08. The van der Waals surface area contributed by atoms with Crippen LogP contribution in [0.5, 0.6) is 5.75 Å². The molecule has 0 aromatic heterocycles. The van der Waals surface area contributed by atoms with Crippen molar-refractivity contribution in [3.63, 3.8) is 0 Å². The van der Waals surface area contributed by atoms with Crippen molar-refractivity contribution < 1.29 is 9.13 Å². The summed E-state index contributed by atoms with van der Waals surface area (Å²) in [6.07, 6.45) is 1.01. The van der Waals surface area contributed by atoms with E-state index in [1.54, 1.807) is 6.07 Å². The third-order valence-corrected chi connectivity index (χ3v) is 3.29. The van der Waals surface area contributed by atoms with Crippen LogP contribution in [0.1, 0.15) is 36.6 Å². The van der Waals surface area contributed by atoms with Crippen LogP contribution in [0, 0.1) is 5.82 Å². The monoisotopic (exact) mass is 273 g/mol. The normalized spacial score (nSPS) is 12.2. The molecule has 0 radical (unpaired) electrons. The van der Waals surface area contributed by atoms with E-state index in [1.807, 2.05) is 19.1 Å². The molecule has 20 heavy (non-hydrogen) atoms. The molecule has 2 N–H and O–H groups in total. The zero-order valence-corrected chi connectivity index (χ0v) is 11.9. The van der Waals surface area contributed by atoms with Gasteiger partial charge in [-0.15, -0.1) is 0 Å². The molecular formula is C17H20FNO. The second-order valence-electron chi connectivity index (χ2n) is 4.93. The van der Waals surface area contributed by atoms with E-state index < -0.39 is 0 Å². The van der Waals surface area contributed by atoms with E-state index in [1.165, 1.54) is 17.7 Å². The highest BCUT2D eigenvalue weighted by atomic mass is 19.1. The highest BCUT2D eigenvalue weighted by Gasteiger charge is 2.09. The van der Waals surface area contributed by atoms with Crippen molar-refractivity contribution in [3.8, 4) is 5.75 Å². The predicted octanol–water partition coefficient (Wildman–Crippen LogP) is 3.99. The summed E-state index contributed by atoms with van der Waals surface area (Å²) in [4.78, 5) is 0. The van der Waals surface area contributed by atoms with Crippen molar-refractivity contribution in [1.29, 1.82) is 0 Å². The van der Waals surface area contributed by atoms with Crippen molar-refractivity contribution in [2.75, 3.05) is 0 Å². The molecule has 2 aromatic carbocycles. The maximum absolute atomic E-state index is 13.3. The Kier molecular flexibility index (Phi) is 4.74. The fraction of sp³-hybridized carbons (Fsp3) is 0.294. The van der Waals surface area contributed by atoms with E-state index in [4.69, 9.17) is 10.5 Å². The average Bonchev–Trinajstić information content (AvgIpc) is 2.45. The lowest BCUT2D eigenvalue weighted by Gasteiger charge is -2.14. The average molecular weight is 273 g/mol. The van der Waals surface area contributed by atoms with Crippen LogP contribution >= 0.6 is 0 Å². The van der Waals surface area contributed by atoms with E-state index in [0.717, 1.165) is 17.5 Å². The Labute approximate surface area is 119 Å². The highest BCUT2D eigenvalue weighted by molar-refractivity contribution is 5.36. The number of ether oxygens (including phenoxy) is 1. The van der Waals surface area contributed by atoms with Crippen molar-refractivity contribution >= 4 is 0 Å². The van der Waals surface area contributed by atoms with Crippen LogP contribution < -0.4 is 10.5 Å². The van der Waals surface area contributed by atoms with E-state index in [2.05, 4.69) is 19.1 Å². The summed E-state index contributed by atoms with van der Waals surface area (Å²) < 4.78 is 19.0. The van der Waals surface area contributed by atoms with Crippen LogP contribution in [0.25, 0.3) is 0 Å². The molecule has 0 aliphatic rings. The molecule has 1 unspecified atom stereocenters. The number of hydrogen-bond acceptors (Lipinski definition) is 2. The first-order valence-corrected chi connectivity index (χ1v) is 6.85. The van der Waals surface area contributed by atoms with Crippen LogP contribution in [-0.2, 0) is 13.0 Å². The molecule has 0 aliphatic heterocycles. The first-order chi connectivity index (χ1) is 9.60. The minimum absolute atomic E-state index is 0.187. The van der Waals surface area contributed by atoms with Gasteiger partial charge in [0.2, 0.25) is 0 Å². The molecule has 0 fully saturated rings. The minimum Gasteiger partial charge on any atom is -0.488 e. The summed E-state index contributed by atoms with van der Waals surface area (Å²) in [7, 11) is 0. The van der Waals surface area contributed by atoms with Gasteiger partial charge in [0.1, 0.15) is 18.2 Å². The number of rotatable bonds is 5. The smallest absolute Gasteiger partial charge is 0.127 e. The number of nitrogens with two attached hydrogens (primary N) is 1. The van der Waals surface area contributed by atoms with Gasteiger partial charge in [-0.3, -0.25) is 0 Å². The number of aryl methyl sites for hydroxylation is 1. The molecule has 1 atom stereocenters. The van der Waals surface area contributed by atoms with Gasteiger partial charge in [0.15, 0.2) is 0 Å². The minimum atomic E-state index is -0.314. The Balaban J connectivity index is 2.11. The van der Waals surface area contributed by atoms with Gasteiger partial charge in [-0.1, -0.05) is 37.3 Å². The van der Waals surface area contributed by atoms with Crippen molar-refractivity contribution in [1.82, 2.24) is 0 Å². The Morgan fingerprint density at radius 2 is 1.75 bits per heavy atom. The molecule has 2 rings (SSSR count). The lowest BCUT2D eigenvalue weighted by molar-refractivity contribution is 0.300. The molecule has 3 heteroatoms. The van der Waals surface area contributed by atoms with E-state index in [-0.39, 0.29) is 11.9 Å². The van der Waals surface area contributed by atoms with Gasteiger partial charge in [0.05, 0.1) is 0 Å². The van der Waals surface area contributed by atoms with Gasteiger partial charge in [-0.2, -0.15) is 0 Å². The van der Waals surface area contributed by atoms with Gasteiger partial charge in [-0.25, -0.2) is 4.39 Å². The van der Waals surface area contributed by atoms with Crippen LogP contribution in [0.3, 0.4) is 0 Å². The second-order valence-corrected chi connectivity index (χ2v) is 4.93. The van der Waals surface area contributed by atoms with Gasteiger partial charge in [-0.05, 0) is 30.5 Å². The molecule has 0 saturated carbocycles. The summed E-state index contributed by atoms with van der Waals surface area (Å²) in [5, 5.41) is 0. The fourth-order valence-corrected chi connectivity index (χ4v) is 2.04. The third kappa shape index (κ3) is 3.58. The number of benzene rings is 2. The lowest BCUT2D eigenvalue weighted by atomic mass is 10.1. The Morgan fingerprint density at radius 1 is 1.10 bits per heavy atom. The zero-order valence-electron chi connectivity index (χ0n) is 11.9. The molecule has 0 spiro atoms. The van der Waals surface area contributed by atoms with Crippen molar-refractivity contribution in [2.24, 2.45) is 5.73 Å². The van der Waals surface area contributed by atoms with Crippen molar-refractivity contribution in [2.45, 2.75) is 32.9 Å². The third-order valence-electron chi connectivity index (χ3n) is 3.29. The topological polar surface area (TPSA) is 35.2 Å². The molecule has 0 saturated heterocycles. The van der Waals surface area contributed by atoms with Crippen LogP contribution in [0.4, 0.5) is 4.39 Å². The van der Waals surface area contributed by atoms with Gasteiger partial charge in [0.25, 0.3) is 0 Å². The number of halogens is 1. The summed E-state index contributed by atoms with van der Waals surface area (Å²) in [6.45, 7) is 4.39. The first kappa shape index (κ1) is 14.5. The maximum atomic E-state index is 13.3. The van der Waals surface area contributed by atoms with E-state index in [0.29, 0.717) is 12.4 Å². The van der Waals surface area contributed by atoms with Crippen molar-refractivity contribution in [3.05, 3.63) is 65.0 Å². The molecule has 2 aromatic rings. The zero-order chi connectivity index (χ0) is 14.5. The quantitative estimate of drug-likeness (QED) is 0.894. The first-order valence-electron chi connectivity index (χ1n) is 6.85. The van der Waals surface area contributed by atoms with Gasteiger partial charge in [0, 0.05) is 17.7 Å². The Bertz CT molecular complexity index is 564. The van der Waals surface area contributed by atoms with Gasteiger partial charge >= 0.3 is 0 Å². The molecule has 0 heterocycles. The highest BCUT2D eigenvalue weighted by Crippen LogP contribution is 2.25. The fourth-order valence-electron chi connectivity index (χ4n) is 2.04. The van der Waals surface area contributed by atoms with Gasteiger partial charge < -0.3 is 10.5 Å². The molecule has 0 amide bonds. The SMILES string of the molecule is CCc1ccc(COc2cc(F)ccc2C(C)N)cc1. The summed E-state index contributed by atoms with van der Waals surface area (Å²) in [6, 6.07) is 12.5. The molecule has 0 bridgehead atoms. The van der Waals surface area contributed by atoms with Crippen LogP contribution in [0.15, 0.2) is 42.5 Å². The summed E-state index contributed by atoms with van der Waals surface area (Å²) >= 11 is 0. The molecular weight excluding hydrogens is 253 g/mol. The van der Waals surface area contributed by atoms with Crippen LogP contribution in [-0.4, -0.2) is 0 Å². The standard InChI is InChI=1S/C17H20FNO/c1-3-13-4-6-14(7-5-13)11-20-17-10-15(18)8-9-16(17)12(2)19/h4-10,12H,3,11,19H2,1-2H3. The van der Waals surface area contributed by atoms with E-state index in [9.17, 15) is 4.39 Å². The predicted molar refractivity (Wildman–Crippen MR) is 79.2 cm³/mol. The molecule has 2 nitrogen and oxygen atoms in total. The van der Waals surface area contributed by atoms with Crippen LogP contribution in [0.2, 0.25) is 0 Å². The maximum Gasteiger partial charge on any atom is 0.127 e. The second kappa shape index (κ2) is 6.53. The molecule has 0 aliphatic carbocycles.